The van der Waals surface area contributed by atoms with Gasteiger partial charge in [0.25, 0.3) is 5.91 Å². The molecule has 3 aliphatic rings. The highest BCUT2D eigenvalue weighted by Crippen LogP contribution is 2.52. The first-order valence-electron chi connectivity index (χ1n) is 13.6. The van der Waals surface area contributed by atoms with Crippen molar-refractivity contribution >= 4 is 5.91 Å². The van der Waals surface area contributed by atoms with Gasteiger partial charge in [-0.2, -0.15) is 13.2 Å². The van der Waals surface area contributed by atoms with Crippen LogP contribution >= 0.6 is 0 Å². The topological polar surface area (TPSA) is 116 Å². The Kier molecular flexibility index (Phi) is 6.81. The third kappa shape index (κ3) is 5.02. The second-order valence-corrected chi connectivity index (χ2v) is 11.1. The van der Waals surface area contributed by atoms with Gasteiger partial charge in [-0.1, -0.05) is 0 Å². The van der Waals surface area contributed by atoms with Gasteiger partial charge in [-0.25, -0.2) is 9.37 Å². The molecule has 6 rings (SSSR count). The van der Waals surface area contributed by atoms with Crippen LogP contribution in [0.15, 0.2) is 48.5 Å². The first kappa shape index (κ1) is 28.2. The van der Waals surface area contributed by atoms with Crippen molar-refractivity contribution < 1.29 is 41.7 Å². The molecule has 1 amide bonds. The van der Waals surface area contributed by atoms with Crippen LogP contribution in [0.5, 0.6) is 17.2 Å². The average molecular weight is 588 g/mol. The Morgan fingerprint density at radius 3 is 2.45 bits per heavy atom. The van der Waals surface area contributed by atoms with E-state index < -0.39 is 35.6 Å². The van der Waals surface area contributed by atoms with E-state index in [1.807, 2.05) is 0 Å². The van der Waals surface area contributed by atoms with E-state index in [4.69, 9.17) is 19.9 Å². The third-order valence-electron chi connectivity index (χ3n) is 7.98. The van der Waals surface area contributed by atoms with Gasteiger partial charge in [-0.15, -0.1) is 0 Å². The van der Waals surface area contributed by atoms with Gasteiger partial charge in [-0.3, -0.25) is 4.79 Å². The summed E-state index contributed by atoms with van der Waals surface area (Å²) in [5.41, 5.74) is 1.22. The predicted octanol–water partition coefficient (Wildman–Crippen LogP) is 4.57. The number of alkyl halides is 3. The molecule has 1 aliphatic heterocycles. The van der Waals surface area contributed by atoms with Gasteiger partial charge in [-0.05, 0) is 80.1 Å². The summed E-state index contributed by atoms with van der Waals surface area (Å²) in [6.07, 6.45) is -1.71. The molecular formula is C30H29F4N3O5. The second kappa shape index (κ2) is 10.1. The maximum absolute atomic E-state index is 14.2. The minimum atomic E-state index is -4.88. The number of carbonyl (C=O) groups excluding carboxylic acids is 1. The highest BCUT2D eigenvalue weighted by molar-refractivity contribution is 5.95. The van der Waals surface area contributed by atoms with E-state index in [1.165, 1.54) is 25.3 Å². The SMILES string of the molecule is COc1cc(C(=O)NCC(O)(c2cc3c(c(-c4ccc(F)cc4)n2)OCC3(N)C(F)(F)F)C2CC2)ccc1OC1CC1. The third-order valence-corrected chi connectivity index (χ3v) is 7.98. The van der Waals surface area contributed by atoms with E-state index >= 15 is 0 Å². The fourth-order valence-electron chi connectivity index (χ4n) is 5.13. The Balaban J connectivity index is 1.35. The van der Waals surface area contributed by atoms with Crippen LogP contribution in [0.1, 0.15) is 47.3 Å². The molecule has 3 aromatic rings. The van der Waals surface area contributed by atoms with Crippen LogP contribution in [0.2, 0.25) is 0 Å². The molecule has 0 bridgehead atoms. The van der Waals surface area contributed by atoms with E-state index in [1.54, 1.807) is 12.1 Å². The molecule has 1 aromatic heterocycles. The first-order chi connectivity index (χ1) is 19.9. The number of ether oxygens (including phenoxy) is 3. The lowest BCUT2D eigenvalue weighted by molar-refractivity contribution is -0.191. The Morgan fingerprint density at radius 1 is 1.12 bits per heavy atom. The maximum Gasteiger partial charge on any atom is 0.414 e. The van der Waals surface area contributed by atoms with Gasteiger partial charge >= 0.3 is 6.18 Å². The lowest BCUT2D eigenvalue weighted by Gasteiger charge is -2.31. The predicted molar refractivity (Wildman–Crippen MR) is 143 cm³/mol. The molecule has 2 heterocycles. The molecule has 2 saturated carbocycles. The monoisotopic (exact) mass is 587 g/mol. The minimum absolute atomic E-state index is 0.0135. The zero-order valence-corrected chi connectivity index (χ0v) is 22.6. The van der Waals surface area contributed by atoms with Gasteiger partial charge in [0.1, 0.15) is 23.7 Å². The summed E-state index contributed by atoms with van der Waals surface area (Å²) in [4.78, 5) is 17.7. The van der Waals surface area contributed by atoms with Crippen molar-refractivity contribution in [3.05, 3.63) is 71.2 Å². The Bertz CT molecular complexity index is 1520. The van der Waals surface area contributed by atoms with Crippen LogP contribution in [0.25, 0.3) is 11.3 Å². The van der Waals surface area contributed by atoms with Crippen molar-refractivity contribution in [2.45, 2.75) is 49.1 Å². The van der Waals surface area contributed by atoms with Crippen molar-refractivity contribution in [2.24, 2.45) is 11.7 Å². The summed E-state index contributed by atoms with van der Waals surface area (Å²) in [6, 6.07) is 10.8. The van der Waals surface area contributed by atoms with E-state index in [0.717, 1.165) is 31.0 Å². The van der Waals surface area contributed by atoms with Crippen LogP contribution in [0, 0.1) is 11.7 Å². The number of methoxy groups -OCH3 is 1. The number of amides is 1. The van der Waals surface area contributed by atoms with E-state index in [9.17, 15) is 27.5 Å². The molecule has 2 aromatic carbocycles. The molecule has 0 spiro atoms. The van der Waals surface area contributed by atoms with Crippen molar-refractivity contribution in [3.8, 4) is 28.5 Å². The maximum atomic E-state index is 14.2. The number of nitrogens with zero attached hydrogens (tertiary/aromatic N) is 1. The molecule has 2 fully saturated rings. The number of fused-ring (bicyclic) bond motifs is 1. The summed E-state index contributed by atoms with van der Waals surface area (Å²) in [7, 11) is 1.46. The molecule has 8 nitrogen and oxygen atoms in total. The van der Waals surface area contributed by atoms with E-state index in [2.05, 4.69) is 10.3 Å². The van der Waals surface area contributed by atoms with Gasteiger partial charge < -0.3 is 30.4 Å². The summed E-state index contributed by atoms with van der Waals surface area (Å²) in [6.45, 7) is -1.22. The number of rotatable bonds is 9. The summed E-state index contributed by atoms with van der Waals surface area (Å²) >= 11 is 0. The number of halogens is 4. The van der Waals surface area contributed by atoms with E-state index in [0.29, 0.717) is 24.3 Å². The van der Waals surface area contributed by atoms with Crippen molar-refractivity contribution in [1.82, 2.24) is 10.3 Å². The molecule has 2 atom stereocenters. The van der Waals surface area contributed by atoms with Crippen LogP contribution < -0.4 is 25.3 Å². The highest BCUT2D eigenvalue weighted by Gasteiger charge is 2.59. The fraction of sp³-hybridized carbons (Fsp3) is 0.400. The number of nitrogens with one attached hydrogen (secondary N) is 1. The number of hydrogen-bond acceptors (Lipinski definition) is 7. The Labute approximate surface area is 238 Å². The van der Waals surface area contributed by atoms with Crippen molar-refractivity contribution in [3.63, 3.8) is 0 Å². The number of hydrogen-bond donors (Lipinski definition) is 3. The summed E-state index contributed by atoms with van der Waals surface area (Å²) in [5, 5.41) is 14.7. The van der Waals surface area contributed by atoms with Crippen LogP contribution in [-0.4, -0.2) is 48.5 Å². The van der Waals surface area contributed by atoms with Gasteiger partial charge in [0, 0.05) is 16.7 Å². The zero-order valence-electron chi connectivity index (χ0n) is 22.6. The highest BCUT2D eigenvalue weighted by atomic mass is 19.4. The standard InChI is InChI=1S/C30H29F4N3O5/c1-40-23-12-17(4-11-22(23)42-20-9-10-20)27(38)36-14-28(39,18-5-6-18)24-13-21-26(41-15-29(21,35)30(32,33)34)25(37-24)16-2-7-19(31)8-3-16/h2-4,7-8,11-13,18,20,39H,5-6,9-10,14-15,35H2,1H3,(H,36,38). The van der Waals surface area contributed by atoms with Gasteiger partial charge in [0.2, 0.25) is 0 Å². The summed E-state index contributed by atoms with van der Waals surface area (Å²) in [5.74, 6) is -0.753. The molecule has 2 aliphatic carbocycles. The first-order valence-corrected chi connectivity index (χ1v) is 13.6. The minimum Gasteiger partial charge on any atom is -0.493 e. The normalized spacial score (nSPS) is 21.2. The molecule has 222 valence electrons. The fourth-order valence-corrected chi connectivity index (χ4v) is 5.13. The number of benzene rings is 2. The molecule has 4 N–H and O–H groups in total. The quantitative estimate of drug-likeness (QED) is 0.314. The molecule has 0 saturated heterocycles. The molecule has 42 heavy (non-hydrogen) atoms. The largest absolute Gasteiger partial charge is 0.493 e. The van der Waals surface area contributed by atoms with Gasteiger partial charge in [0.15, 0.2) is 22.8 Å². The lowest BCUT2D eigenvalue weighted by Crippen LogP contribution is -2.52. The number of aliphatic hydroxyl groups is 1. The molecular weight excluding hydrogens is 558 g/mol. The average Bonchev–Trinajstić information content (AvgIpc) is 3.90. The Morgan fingerprint density at radius 2 is 1.83 bits per heavy atom. The number of nitrogens with two attached hydrogens (primary N) is 1. The molecule has 2 unspecified atom stereocenters. The number of pyridine rings is 1. The summed E-state index contributed by atoms with van der Waals surface area (Å²) < 4.78 is 72.9. The zero-order chi connectivity index (χ0) is 29.9. The smallest absolute Gasteiger partial charge is 0.414 e. The molecule has 12 heteroatoms. The van der Waals surface area contributed by atoms with Crippen LogP contribution in [0.3, 0.4) is 0 Å². The molecule has 0 radical (unpaired) electrons. The van der Waals surface area contributed by atoms with Gasteiger partial charge in [0.05, 0.1) is 25.5 Å². The second-order valence-electron chi connectivity index (χ2n) is 11.1. The van der Waals surface area contributed by atoms with Crippen LogP contribution in [-0.2, 0) is 11.1 Å². The van der Waals surface area contributed by atoms with Crippen molar-refractivity contribution in [2.75, 3.05) is 20.3 Å². The number of carbonyl (C=O) groups is 1. The van der Waals surface area contributed by atoms with Crippen molar-refractivity contribution in [1.29, 1.82) is 0 Å². The van der Waals surface area contributed by atoms with E-state index in [-0.39, 0.29) is 52.4 Å². The Hall–Kier alpha value is -3.90. The lowest BCUT2D eigenvalue weighted by atomic mass is 9.86. The van der Waals surface area contributed by atoms with Crippen LogP contribution in [0.4, 0.5) is 17.6 Å². The number of aromatic nitrogens is 1.